The van der Waals surface area contributed by atoms with Crippen LogP contribution in [0.4, 0.5) is 0 Å². The number of likely N-dealkylation sites (N-methyl/N-ethyl adjacent to an activating group) is 1. The molecule has 0 aromatic carbocycles. The molecule has 1 rings (SSSR count). The molecule has 0 aromatic heterocycles. The van der Waals surface area contributed by atoms with Crippen molar-refractivity contribution in [1.29, 1.82) is 5.41 Å². The molecule has 0 spiro atoms. The van der Waals surface area contributed by atoms with E-state index in [0.717, 1.165) is 25.7 Å². The predicted octanol–water partition coefficient (Wildman–Crippen LogP) is 1.06. The fraction of sp³-hybridized carbons (Fsp3) is 0.909. The van der Waals surface area contributed by atoms with Gasteiger partial charge < -0.3 is 15.4 Å². The Balaban J connectivity index is 1.99. The van der Waals surface area contributed by atoms with Gasteiger partial charge in [-0.1, -0.05) is 0 Å². The van der Waals surface area contributed by atoms with Crippen molar-refractivity contribution in [2.45, 2.75) is 32.2 Å². The largest absolute Gasteiger partial charge is 0.388 e. The second kappa shape index (κ2) is 6.08. The van der Waals surface area contributed by atoms with E-state index in [2.05, 4.69) is 11.8 Å². The van der Waals surface area contributed by atoms with Crippen LogP contribution in [-0.2, 0) is 4.74 Å². The van der Waals surface area contributed by atoms with E-state index in [1.54, 1.807) is 0 Å². The zero-order valence-electron chi connectivity index (χ0n) is 9.83. The summed E-state index contributed by atoms with van der Waals surface area (Å²) in [7, 11) is 2.05. The molecule has 0 radical (unpaired) electrons. The zero-order valence-corrected chi connectivity index (χ0v) is 9.83. The molecule has 0 saturated heterocycles. The third-order valence-corrected chi connectivity index (χ3v) is 2.91. The number of hydrogen-bond donors (Lipinski definition) is 2. The van der Waals surface area contributed by atoms with Crippen LogP contribution >= 0.6 is 0 Å². The molecular formula is C11H23N3O. The molecule has 15 heavy (non-hydrogen) atoms. The molecule has 0 heterocycles. The van der Waals surface area contributed by atoms with Crippen LogP contribution in [-0.4, -0.2) is 43.6 Å². The normalized spacial score (nSPS) is 18.1. The number of nitrogens with one attached hydrogen (secondary N) is 1. The molecule has 0 aliphatic heterocycles. The number of ether oxygens (including phenoxy) is 1. The van der Waals surface area contributed by atoms with Crippen molar-refractivity contribution in [1.82, 2.24) is 4.90 Å². The Hall–Kier alpha value is -0.610. The summed E-state index contributed by atoms with van der Waals surface area (Å²) in [5.41, 5.74) is 5.36. The van der Waals surface area contributed by atoms with Gasteiger partial charge >= 0.3 is 0 Å². The molecule has 1 unspecified atom stereocenters. The molecule has 1 aliphatic carbocycles. The maximum absolute atomic E-state index is 7.22. The Morgan fingerprint density at radius 3 is 2.80 bits per heavy atom. The van der Waals surface area contributed by atoms with E-state index in [9.17, 15) is 0 Å². The fourth-order valence-electron chi connectivity index (χ4n) is 1.44. The van der Waals surface area contributed by atoms with E-state index in [1.807, 2.05) is 7.05 Å². The van der Waals surface area contributed by atoms with Crippen molar-refractivity contribution in [3.05, 3.63) is 0 Å². The van der Waals surface area contributed by atoms with Crippen molar-refractivity contribution < 1.29 is 4.74 Å². The molecule has 1 aliphatic rings. The first-order valence-corrected chi connectivity index (χ1v) is 5.70. The van der Waals surface area contributed by atoms with Crippen LogP contribution < -0.4 is 5.73 Å². The summed E-state index contributed by atoms with van der Waals surface area (Å²) in [5, 5.41) is 7.22. The standard InChI is InChI=1S/C11H23N3O/c1-9(7-11(12)13)14(2)5-6-15-8-10-3-4-10/h9-10H,3-8H2,1-2H3,(H3,12,13). The van der Waals surface area contributed by atoms with Gasteiger partial charge in [0.15, 0.2) is 0 Å². The summed E-state index contributed by atoms with van der Waals surface area (Å²) in [5.74, 6) is 1.10. The molecule has 1 atom stereocenters. The minimum Gasteiger partial charge on any atom is -0.388 e. The molecule has 0 aromatic rings. The lowest BCUT2D eigenvalue weighted by Crippen LogP contribution is -2.35. The molecule has 1 fully saturated rings. The Labute approximate surface area is 92.3 Å². The Bertz CT molecular complexity index is 204. The summed E-state index contributed by atoms with van der Waals surface area (Å²) in [6.07, 6.45) is 3.33. The van der Waals surface area contributed by atoms with E-state index >= 15 is 0 Å². The number of nitrogens with zero attached hydrogens (tertiary/aromatic N) is 1. The number of nitrogens with two attached hydrogens (primary N) is 1. The van der Waals surface area contributed by atoms with Crippen LogP contribution in [0.5, 0.6) is 0 Å². The van der Waals surface area contributed by atoms with Crippen molar-refractivity contribution in [3.8, 4) is 0 Å². The highest BCUT2D eigenvalue weighted by Gasteiger charge is 2.21. The number of rotatable bonds is 8. The second-order valence-corrected chi connectivity index (χ2v) is 4.58. The average Bonchev–Trinajstić information content (AvgIpc) is 2.94. The monoisotopic (exact) mass is 213 g/mol. The lowest BCUT2D eigenvalue weighted by atomic mass is 10.2. The van der Waals surface area contributed by atoms with Crippen LogP contribution in [0.1, 0.15) is 26.2 Å². The van der Waals surface area contributed by atoms with Crippen molar-refractivity contribution in [3.63, 3.8) is 0 Å². The number of hydrogen-bond acceptors (Lipinski definition) is 3. The molecule has 4 nitrogen and oxygen atoms in total. The summed E-state index contributed by atoms with van der Waals surface area (Å²) >= 11 is 0. The smallest absolute Gasteiger partial charge is 0.0920 e. The van der Waals surface area contributed by atoms with E-state index in [-0.39, 0.29) is 5.84 Å². The third kappa shape index (κ3) is 5.74. The molecule has 4 heteroatoms. The van der Waals surface area contributed by atoms with Gasteiger partial charge in [-0.05, 0) is 32.7 Å². The summed E-state index contributed by atoms with van der Waals surface area (Å²) in [6, 6.07) is 0.326. The summed E-state index contributed by atoms with van der Waals surface area (Å²) in [4.78, 5) is 2.19. The first kappa shape index (κ1) is 12.5. The lowest BCUT2D eigenvalue weighted by Gasteiger charge is -2.23. The van der Waals surface area contributed by atoms with Crippen molar-refractivity contribution in [2.75, 3.05) is 26.8 Å². The van der Waals surface area contributed by atoms with Gasteiger partial charge in [0.25, 0.3) is 0 Å². The third-order valence-electron chi connectivity index (χ3n) is 2.91. The van der Waals surface area contributed by atoms with Crippen molar-refractivity contribution in [2.24, 2.45) is 11.7 Å². The topological polar surface area (TPSA) is 62.3 Å². The van der Waals surface area contributed by atoms with E-state index in [1.165, 1.54) is 12.8 Å². The van der Waals surface area contributed by atoms with Gasteiger partial charge in [0.2, 0.25) is 0 Å². The average molecular weight is 213 g/mol. The molecule has 88 valence electrons. The van der Waals surface area contributed by atoms with Gasteiger partial charge in [-0.2, -0.15) is 0 Å². The molecule has 1 saturated carbocycles. The van der Waals surface area contributed by atoms with Gasteiger partial charge in [-0.25, -0.2) is 0 Å². The Morgan fingerprint density at radius 2 is 2.27 bits per heavy atom. The van der Waals surface area contributed by atoms with Gasteiger partial charge in [-0.15, -0.1) is 0 Å². The highest BCUT2D eigenvalue weighted by atomic mass is 16.5. The Kier molecular flexibility index (Phi) is 5.05. The number of amidine groups is 1. The van der Waals surface area contributed by atoms with Crippen LogP contribution in [0.3, 0.4) is 0 Å². The lowest BCUT2D eigenvalue weighted by molar-refractivity contribution is 0.0944. The first-order chi connectivity index (χ1) is 7.09. The fourth-order valence-corrected chi connectivity index (χ4v) is 1.44. The predicted molar refractivity (Wildman–Crippen MR) is 62.2 cm³/mol. The molecule has 0 amide bonds. The van der Waals surface area contributed by atoms with Gasteiger partial charge in [0.05, 0.1) is 12.4 Å². The second-order valence-electron chi connectivity index (χ2n) is 4.58. The van der Waals surface area contributed by atoms with Crippen LogP contribution in [0.15, 0.2) is 0 Å². The van der Waals surface area contributed by atoms with Crippen LogP contribution in [0.25, 0.3) is 0 Å². The minimum atomic E-state index is 0.258. The van der Waals surface area contributed by atoms with E-state index < -0.39 is 0 Å². The minimum absolute atomic E-state index is 0.258. The van der Waals surface area contributed by atoms with Gasteiger partial charge in [0.1, 0.15) is 0 Å². The van der Waals surface area contributed by atoms with Crippen LogP contribution in [0, 0.1) is 11.3 Å². The van der Waals surface area contributed by atoms with Crippen molar-refractivity contribution >= 4 is 5.84 Å². The first-order valence-electron chi connectivity index (χ1n) is 5.70. The zero-order chi connectivity index (χ0) is 11.3. The Morgan fingerprint density at radius 1 is 1.60 bits per heavy atom. The molecule has 0 bridgehead atoms. The molecular weight excluding hydrogens is 190 g/mol. The molecule has 3 N–H and O–H groups in total. The summed E-state index contributed by atoms with van der Waals surface area (Å²) < 4.78 is 5.56. The van der Waals surface area contributed by atoms with Crippen LogP contribution in [0.2, 0.25) is 0 Å². The quantitative estimate of drug-likeness (QED) is 0.360. The van der Waals surface area contributed by atoms with Gasteiger partial charge in [-0.3, -0.25) is 5.41 Å². The highest BCUT2D eigenvalue weighted by Crippen LogP contribution is 2.28. The maximum Gasteiger partial charge on any atom is 0.0920 e. The SMILES string of the molecule is CC(CC(=N)N)N(C)CCOCC1CC1. The highest BCUT2D eigenvalue weighted by molar-refractivity contribution is 5.77. The summed E-state index contributed by atoms with van der Waals surface area (Å²) in [6.45, 7) is 4.72. The van der Waals surface area contributed by atoms with E-state index in [0.29, 0.717) is 12.5 Å². The van der Waals surface area contributed by atoms with Gasteiger partial charge in [0, 0.05) is 25.6 Å². The maximum atomic E-state index is 7.22. The van der Waals surface area contributed by atoms with E-state index in [4.69, 9.17) is 15.9 Å².